The lowest BCUT2D eigenvalue weighted by molar-refractivity contribution is 0.0971. The highest BCUT2D eigenvalue weighted by atomic mass is 35.5. The van der Waals surface area contributed by atoms with Crippen LogP contribution in [0.5, 0.6) is 0 Å². The van der Waals surface area contributed by atoms with E-state index in [1.165, 1.54) is 0 Å². The van der Waals surface area contributed by atoms with Crippen LogP contribution < -0.4 is 5.73 Å². The van der Waals surface area contributed by atoms with Gasteiger partial charge in [-0.3, -0.25) is 0 Å². The highest BCUT2D eigenvalue weighted by Gasteiger charge is 2.01. The van der Waals surface area contributed by atoms with E-state index < -0.39 is 0 Å². The molecule has 0 aliphatic heterocycles. The molecule has 0 fully saturated rings. The van der Waals surface area contributed by atoms with Crippen LogP contribution >= 0.6 is 11.6 Å². The number of rotatable bonds is 4. The van der Waals surface area contributed by atoms with E-state index in [1.54, 1.807) is 6.07 Å². The highest BCUT2D eigenvalue weighted by molar-refractivity contribution is 6.31. The van der Waals surface area contributed by atoms with Gasteiger partial charge in [-0.25, -0.2) is 0 Å². The van der Waals surface area contributed by atoms with Gasteiger partial charge in [-0.1, -0.05) is 31.5 Å². The van der Waals surface area contributed by atoms with Crippen molar-refractivity contribution in [3.8, 4) is 0 Å². The lowest BCUT2D eigenvalue weighted by Crippen LogP contribution is -2.02. The van der Waals surface area contributed by atoms with E-state index in [1.807, 2.05) is 12.1 Å². The Bertz CT molecular complexity index is 299. The van der Waals surface area contributed by atoms with E-state index in [4.69, 9.17) is 22.1 Å². The van der Waals surface area contributed by atoms with Crippen LogP contribution in [0.2, 0.25) is 5.02 Å². The molecule has 2 N–H and O–H groups in total. The molecule has 3 heteroatoms. The molecule has 14 heavy (non-hydrogen) atoms. The van der Waals surface area contributed by atoms with Crippen molar-refractivity contribution in [2.24, 2.45) is 5.92 Å². The molecule has 0 aromatic heterocycles. The third-order valence-electron chi connectivity index (χ3n) is 1.79. The third kappa shape index (κ3) is 3.56. The van der Waals surface area contributed by atoms with E-state index in [9.17, 15) is 0 Å². The minimum Gasteiger partial charge on any atom is -0.399 e. The molecule has 0 saturated heterocycles. The molecule has 0 atom stereocenters. The Morgan fingerprint density at radius 2 is 2.14 bits per heavy atom. The first-order valence-corrected chi connectivity index (χ1v) is 5.09. The second-order valence-electron chi connectivity index (χ2n) is 3.76. The van der Waals surface area contributed by atoms with Gasteiger partial charge in [0.2, 0.25) is 0 Å². The molecule has 0 aliphatic carbocycles. The summed E-state index contributed by atoms with van der Waals surface area (Å²) < 4.78 is 5.48. The van der Waals surface area contributed by atoms with Crippen molar-refractivity contribution in [3.63, 3.8) is 0 Å². The second kappa shape index (κ2) is 5.23. The molecule has 1 aromatic carbocycles. The maximum atomic E-state index is 5.98. The van der Waals surface area contributed by atoms with E-state index in [0.717, 1.165) is 12.2 Å². The highest BCUT2D eigenvalue weighted by Crippen LogP contribution is 2.19. The zero-order valence-corrected chi connectivity index (χ0v) is 9.34. The summed E-state index contributed by atoms with van der Waals surface area (Å²) in [5.41, 5.74) is 7.25. The minimum atomic E-state index is 0.544. The molecule has 0 radical (unpaired) electrons. The largest absolute Gasteiger partial charge is 0.399 e. The molecule has 0 aliphatic rings. The van der Waals surface area contributed by atoms with Gasteiger partial charge in [0.15, 0.2) is 0 Å². The van der Waals surface area contributed by atoms with Gasteiger partial charge in [0.1, 0.15) is 0 Å². The number of hydrogen-bond acceptors (Lipinski definition) is 2. The fourth-order valence-electron chi connectivity index (χ4n) is 1.09. The molecule has 0 saturated carbocycles. The number of nitrogen functional groups attached to an aromatic ring is 1. The molecule has 78 valence electrons. The van der Waals surface area contributed by atoms with Crippen molar-refractivity contribution >= 4 is 17.3 Å². The first kappa shape index (κ1) is 11.3. The lowest BCUT2D eigenvalue weighted by atomic mass is 10.2. The molecule has 0 unspecified atom stereocenters. The van der Waals surface area contributed by atoms with Crippen LogP contribution in [0.4, 0.5) is 5.69 Å². The first-order valence-electron chi connectivity index (χ1n) is 4.71. The van der Waals surface area contributed by atoms with Crippen LogP contribution in [0.25, 0.3) is 0 Å². The maximum Gasteiger partial charge on any atom is 0.0731 e. The van der Waals surface area contributed by atoms with Gasteiger partial charge < -0.3 is 10.5 Å². The molecular formula is C11H16ClNO. The van der Waals surface area contributed by atoms with Crippen LogP contribution in [-0.4, -0.2) is 6.61 Å². The Balaban J connectivity index is 2.51. The van der Waals surface area contributed by atoms with Crippen molar-refractivity contribution in [2.75, 3.05) is 12.3 Å². The number of nitrogens with two attached hydrogens (primary N) is 1. The van der Waals surface area contributed by atoms with E-state index in [-0.39, 0.29) is 0 Å². The van der Waals surface area contributed by atoms with Crippen LogP contribution in [0.3, 0.4) is 0 Å². The SMILES string of the molecule is CC(C)COCc1ccc(N)cc1Cl. The summed E-state index contributed by atoms with van der Waals surface area (Å²) in [5, 5.41) is 0.675. The smallest absolute Gasteiger partial charge is 0.0731 e. The normalized spacial score (nSPS) is 10.9. The number of anilines is 1. The van der Waals surface area contributed by atoms with Gasteiger partial charge in [0.05, 0.1) is 6.61 Å². The molecule has 0 bridgehead atoms. The average molecular weight is 214 g/mol. The van der Waals surface area contributed by atoms with Crippen LogP contribution in [0, 0.1) is 5.92 Å². The molecule has 0 amide bonds. The van der Waals surface area contributed by atoms with Gasteiger partial charge in [0, 0.05) is 17.3 Å². The molecule has 0 spiro atoms. The predicted octanol–water partition coefficient (Wildman–Crippen LogP) is 3.09. The minimum absolute atomic E-state index is 0.544. The van der Waals surface area contributed by atoms with E-state index in [2.05, 4.69) is 13.8 Å². The van der Waals surface area contributed by atoms with Crippen LogP contribution in [0.15, 0.2) is 18.2 Å². The summed E-state index contributed by atoms with van der Waals surface area (Å²) in [4.78, 5) is 0. The van der Waals surface area contributed by atoms with Crippen molar-refractivity contribution in [2.45, 2.75) is 20.5 Å². The Morgan fingerprint density at radius 3 is 2.71 bits per heavy atom. The van der Waals surface area contributed by atoms with Crippen molar-refractivity contribution in [1.82, 2.24) is 0 Å². The zero-order valence-electron chi connectivity index (χ0n) is 8.59. The Hall–Kier alpha value is -0.730. The van der Waals surface area contributed by atoms with Gasteiger partial charge in [0.25, 0.3) is 0 Å². The fraction of sp³-hybridized carbons (Fsp3) is 0.455. The van der Waals surface area contributed by atoms with Crippen molar-refractivity contribution < 1.29 is 4.74 Å². The summed E-state index contributed by atoms with van der Waals surface area (Å²) in [5.74, 6) is 0.544. The zero-order chi connectivity index (χ0) is 10.6. The second-order valence-corrected chi connectivity index (χ2v) is 4.17. The Kier molecular flexibility index (Phi) is 4.23. The summed E-state index contributed by atoms with van der Waals surface area (Å²) in [6, 6.07) is 5.48. The quantitative estimate of drug-likeness (QED) is 0.781. The molecule has 1 aromatic rings. The molecule has 0 heterocycles. The molecule has 2 nitrogen and oxygen atoms in total. The van der Waals surface area contributed by atoms with Gasteiger partial charge >= 0.3 is 0 Å². The predicted molar refractivity (Wildman–Crippen MR) is 60.4 cm³/mol. The number of halogens is 1. The number of benzene rings is 1. The molecule has 1 rings (SSSR count). The average Bonchev–Trinajstić information content (AvgIpc) is 2.08. The summed E-state index contributed by atoms with van der Waals surface area (Å²) in [6.07, 6.45) is 0. The van der Waals surface area contributed by atoms with E-state index in [0.29, 0.717) is 23.2 Å². The van der Waals surface area contributed by atoms with Crippen molar-refractivity contribution in [3.05, 3.63) is 28.8 Å². The fourth-order valence-corrected chi connectivity index (χ4v) is 1.33. The van der Waals surface area contributed by atoms with Crippen LogP contribution in [-0.2, 0) is 11.3 Å². The Morgan fingerprint density at radius 1 is 1.43 bits per heavy atom. The van der Waals surface area contributed by atoms with Gasteiger partial charge in [-0.15, -0.1) is 0 Å². The topological polar surface area (TPSA) is 35.2 Å². The monoisotopic (exact) mass is 213 g/mol. The van der Waals surface area contributed by atoms with Crippen molar-refractivity contribution in [1.29, 1.82) is 0 Å². The Labute approximate surface area is 90.0 Å². The number of hydrogen-bond donors (Lipinski definition) is 1. The van der Waals surface area contributed by atoms with Crippen LogP contribution in [0.1, 0.15) is 19.4 Å². The van der Waals surface area contributed by atoms with Gasteiger partial charge in [-0.2, -0.15) is 0 Å². The standard InChI is InChI=1S/C11H16ClNO/c1-8(2)6-14-7-9-3-4-10(13)5-11(9)12/h3-5,8H,6-7,13H2,1-2H3. The van der Waals surface area contributed by atoms with Gasteiger partial charge in [-0.05, 0) is 23.6 Å². The lowest BCUT2D eigenvalue weighted by Gasteiger charge is -2.08. The summed E-state index contributed by atoms with van der Waals surface area (Å²) in [7, 11) is 0. The molecular weight excluding hydrogens is 198 g/mol. The van der Waals surface area contributed by atoms with E-state index >= 15 is 0 Å². The number of ether oxygens (including phenoxy) is 1. The first-order chi connectivity index (χ1) is 6.59. The third-order valence-corrected chi connectivity index (χ3v) is 2.14. The summed E-state index contributed by atoms with van der Waals surface area (Å²) in [6.45, 7) is 5.53. The maximum absolute atomic E-state index is 5.98. The summed E-state index contributed by atoms with van der Waals surface area (Å²) >= 11 is 5.98.